The van der Waals surface area contributed by atoms with Crippen LogP contribution in [0.1, 0.15) is 12.6 Å². The molecule has 0 aliphatic carbocycles. The summed E-state index contributed by atoms with van der Waals surface area (Å²) in [7, 11) is 0. The van der Waals surface area contributed by atoms with Crippen LogP contribution >= 0.6 is 0 Å². The van der Waals surface area contributed by atoms with Gasteiger partial charge >= 0.3 is 5.97 Å². The van der Waals surface area contributed by atoms with Gasteiger partial charge in [-0.15, -0.1) is 5.10 Å². The number of fused-ring (bicyclic) bond motifs is 1. The second-order valence-corrected chi connectivity index (χ2v) is 6.04. The number of anilines is 1. The SMILES string of the molecule is CCOC(=O)Cn1cc(Cn2nc(-c3ccccc3)c3c(N)ncnc32)nn1. The standard InChI is InChI=1S/C18H18N8O2/c1-2-28-14(27)10-25-8-13(22-24-25)9-26-18-15(17(19)20-11-21-18)16(23-26)12-6-4-3-5-7-12/h3-8,11H,2,9-10H2,1H3,(H2,19,20,21). The molecule has 0 atom stereocenters. The van der Waals surface area contributed by atoms with Gasteiger partial charge in [0.25, 0.3) is 0 Å². The molecule has 0 amide bonds. The number of aromatic nitrogens is 7. The van der Waals surface area contributed by atoms with E-state index in [1.807, 2.05) is 30.3 Å². The molecule has 0 saturated carbocycles. The van der Waals surface area contributed by atoms with Crippen molar-refractivity contribution in [2.24, 2.45) is 0 Å². The van der Waals surface area contributed by atoms with Crippen LogP contribution in [0.25, 0.3) is 22.3 Å². The van der Waals surface area contributed by atoms with Gasteiger partial charge in [0, 0.05) is 5.56 Å². The van der Waals surface area contributed by atoms with Crippen molar-refractivity contribution >= 4 is 22.8 Å². The first-order valence-electron chi connectivity index (χ1n) is 8.72. The van der Waals surface area contributed by atoms with Crippen molar-refractivity contribution in [2.75, 3.05) is 12.3 Å². The summed E-state index contributed by atoms with van der Waals surface area (Å²) in [5.74, 6) is -0.00330. The van der Waals surface area contributed by atoms with E-state index in [2.05, 4.69) is 25.4 Å². The highest BCUT2D eigenvalue weighted by molar-refractivity contribution is 5.98. The second kappa shape index (κ2) is 7.43. The predicted octanol–water partition coefficient (Wildman–Crippen LogP) is 1.28. The van der Waals surface area contributed by atoms with Crippen molar-refractivity contribution in [1.82, 2.24) is 34.7 Å². The van der Waals surface area contributed by atoms with E-state index in [4.69, 9.17) is 10.5 Å². The van der Waals surface area contributed by atoms with E-state index in [9.17, 15) is 4.79 Å². The monoisotopic (exact) mass is 378 g/mol. The fourth-order valence-electron chi connectivity index (χ4n) is 2.92. The molecule has 3 aromatic heterocycles. The summed E-state index contributed by atoms with van der Waals surface area (Å²) in [5.41, 5.74) is 8.95. The number of carbonyl (C=O) groups is 1. The lowest BCUT2D eigenvalue weighted by molar-refractivity contribution is -0.144. The van der Waals surface area contributed by atoms with Crippen LogP contribution in [0.5, 0.6) is 0 Å². The largest absolute Gasteiger partial charge is 0.465 e. The van der Waals surface area contributed by atoms with Gasteiger partial charge in [0.05, 0.1) is 24.7 Å². The Labute approximate surface area is 160 Å². The molecule has 3 heterocycles. The van der Waals surface area contributed by atoms with Crippen LogP contribution in [0.3, 0.4) is 0 Å². The van der Waals surface area contributed by atoms with E-state index in [1.165, 1.54) is 11.0 Å². The second-order valence-electron chi connectivity index (χ2n) is 6.04. The first kappa shape index (κ1) is 17.6. The molecular weight excluding hydrogens is 360 g/mol. The minimum Gasteiger partial charge on any atom is -0.465 e. The number of carbonyl (C=O) groups excluding carboxylic acids is 1. The van der Waals surface area contributed by atoms with E-state index in [1.54, 1.807) is 17.8 Å². The number of esters is 1. The van der Waals surface area contributed by atoms with Crippen LogP contribution in [-0.2, 0) is 22.6 Å². The van der Waals surface area contributed by atoms with E-state index in [0.717, 1.165) is 5.56 Å². The third-order valence-corrected chi connectivity index (χ3v) is 4.10. The minimum atomic E-state index is -0.365. The Kier molecular flexibility index (Phi) is 4.67. The fraction of sp³-hybridized carbons (Fsp3) is 0.222. The maximum atomic E-state index is 11.6. The lowest BCUT2D eigenvalue weighted by atomic mass is 10.1. The Bertz CT molecular complexity index is 1120. The fourth-order valence-corrected chi connectivity index (χ4v) is 2.92. The molecule has 28 heavy (non-hydrogen) atoms. The number of nitrogens with zero attached hydrogens (tertiary/aromatic N) is 7. The molecule has 0 radical (unpaired) electrons. The number of benzene rings is 1. The number of nitrogens with two attached hydrogens (primary N) is 1. The van der Waals surface area contributed by atoms with Gasteiger partial charge in [0.1, 0.15) is 30.1 Å². The average molecular weight is 378 g/mol. The van der Waals surface area contributed by atoms with Crippen molar-refractivity contribution in [1.29, 1.82) is 0 Å². The molecule has 0 bridgehead atoms. The molecule has 0 aliphatic heterocycles. The highest BCUT2D eigenvalue weighted by atomic mass is 16.5. The van der Waals surface area contributed by atoms with Crippen molar-refractivity contribution in [3.63, 3.8) is 0 Å². The van der Waals surface area contributed by atoms with Crippen LogP contribution in [0.4, 0.5) is 5.82 Å². The molecule has 0 fully saturated rings. The summed E-state index contributed by atoms with van der Waals surface area (Å²) < 4.78 is 8.05. The number of nitrogen functional groups attached to an aromatic ring is 1. The highest BCUT2D eigenvalue weighted by Gasteiger charge is 2.18. The van der Waals surface area contributed by atoms with E-state index < -0.39 is 0 Å². The topological polar surface area (TPSA) is 127 Å². The van der Waals surface area contributed by atoms with Gasteiger partial charge in [-0.1, -0.05) is 35.5 Å². The van der Waals surface area contributed by atoms with E-state index >= 15 is 0 Å². The number of rotatable bonds is 6. The maximum Gasteiger partial charge on any atom is 0.327 e. The molecule has 2 N–H and O–H groups in total. The molecule has 0 unspecified atom stereocenters. The Morgan fingerprint density at radius 1 is 1.21 bits per heavy atom. The van der Waals surface area contributed by atoms with Crippen LogP contribution in [0.2, 0.25) is 0 Å². The number of hydrogen-bond acceptors (Lipinski definition) is 8. The highest BCUT2D eigenvalue weighted by Crippen LogP contribution is 2.30. The normalized spacial score (nSPS) is 11.0. The molecule has 4 aromatic rings. The molecular formula is C18H18N8O2. The average Bonchev–Trinajstić information content (AvgIpc) is 3.28. The number of hydrogen-bond donors (Lipinski definition) is 1. The Hall–Kier alpha value is -3.82. The van der Waals surface area contributed by atoms with Gasteiger partial charge < -0.3 is 10.5 Å². The van der Waals surface area contributed by atoms with Crippen LogP contribution in [-0.4, -0.2) is 47.3 Å². The molecule has 4 rings (SSSR count). The van der Waals surface area contributed by atoms with Crippen LogP contribution in [0, 0.1) is 0 Å². The zero-order chi connectivity index (χ0) is 19.5. The zero-order valence-electron chi connectivity index (χ0n) is 15.2. The van der Waals surface area contributed by atoms with Gasteiger partial charge in [-0.2, -0.15) is 5.10 Å². The Morgan fingerprint density at radius 2 is 2.04 bits per heavy atom. The molecule has 0 saturated heterocycles. The van der Waals surface area contributed by atoms with Crippen LogP contribution in [0.15, 0.2) is 42.9 Å². The van der Waals surface area contributed by atoms with Gasteiger partial charge in [-0.3, -0.25) is 4.79 Å². The molecule has 0 spiro atoms. The van der Waals surface area contributed by atoms with E-state index in [0.29, 0.717) is 41.4 Å². The summed E-state index contributed by atoms with van der Waals surface area (Å²) >= 11 is 0. The van der Waals surface area contributed by atoms with Crippen molar-refractivity contribution in [3.05, 3.63) is 48.5 Å². The molecule has 142 valence electrons. The van der Waals surface area contributed by atoms with Crippen LogP contribution < -0.4 is 5.73 Å². The van der Waals surface area contributed by atoms with Gasteiger partial charge in [0.2, 0.25) is 0 Å². The summed E-state index contributed by atoms with van der Waals surface area (Å²) in [6.07, 6.45) is 3.08. The molecule has 0 aliphatic rings. The smallest absolute Gasteiger partial charge is 0.327 e. The lowest BCUT2D eigenvalue weighted by Crippen LogP contribution is -2.13. The Morgan fingerprint density at radius 3 is 2.82 bits per heavy atom. The summed E-state index contributed by atoms with van der Waals surface area (Å²) in [6.45, 7) is 2.40. The van der Waals surface area contributed by atoms with Crippen molar-refractivity contribution in [3.8, 4) is 11.3 Å². The number of ether oxygens (including phenoxy) is 1. The zero-order valence-corrected chi connectivity index (χ0v) is 15.2. The minimum absolute atomic E-state index is 0.00504. The third-order valence-electron chi connectivity index (χ3n) is 4.10. The van der Waals surface area contributed by atoms with Gasteiger partial charge in [-0.05, 0) is 6.92 Å². The van der Waals surface area contributed by atoms with Crippen molar-refractivity contribution in [2.45, 2.75) is 20.0 Å². The summed E-state index contributed by atoms with van der Waals surface area (Å²) in [4.78, 5) is 20.0. The first-order chi connectivity index (χ1) is 13.7. The first-order valence-corrected chi connectivity index (χ1v) is 8.72. The van der Waals surface area contributed by atoms with Crippen molar-refractivity contribution < 1.29 is 9.53 Å². The predicted molar refractivity (Wildman–Crippen MR) is 101 cm³/mol. The maximum absolute atomic E-state index is 11.6. The molecule has 10 heteroatoms. The quantitative estimate of drug-likeness (QED) is 0.497. The van der Waals surface area contributed by atoms with Gasteiger partial charge in [0.15, 0.2) is 5.65 Å². The lowest BCUT2D eigenvalue weighted by Gasteiger charge is -2.00. The van der Waals surface area contributed by atoms with E-state index in [-0.39, 0.29) is 12.5 Å². The Balaban J connectivity index is 1.68. The van der Waals surface area contributed by atoms with Gasteiger partial charge in [-0.25, -0.2) is 19.3 Å². The summed E-state index contributed by atoms with van der Waals surface area (Å²) in [6, 6.07) is 9.70. The molecule has 10 nitrogen and oxygen atoms in total. The molecule has 1 aromatic carbocycles. The summed E-state index contributed by atoms with van der Waals surface area (Å²) in [5, 5.41) is 13.4. The third kappa shape index (κ3) is 3.39.